The molecule has 0 aliphatic carbocycles. The van der Waals surface area contributed by atoms with Crippen LogP contribution >= 0.6 is 0 Å². The highest BCUT2D eigenvalue weighted by atomic mass is 16.5. The van der Waals surface area contributed by atoms with Crippen molar-refractivity contribution in [2.75, 3.05) is 6.61 Å². The summed E-state index contributed by atoms with van der Waals surface area (Å²) in [4.78, 5) is 8.36. The highest BCUT2D eigenvalue weighted by Gasteiger charge is 2.20. The van der Waals surface area contributed by atoms with Gasteiger partial charge >= 0.3 is 0 Å². The molecule has 0 saturated carbocycles. The third kappa shape index (κ3) is 2.14. The van der Waals surface area contributed by atoms with E-state index in [9.17, 15) is 0 Å². The molecule has 3 N–H and O–H groups in total. The quantitative estimate of drug-likeness (QED) is 0.559. The van der Waals surface area contributed by atoms with Gasteiger partial charge in [0.1, 0.15) is 17.6 Å². The van der Waals surface area contributed by atoms with E-state index in [0.29, 0.717) is 0 Å². The third-order valence-corrected chi connectivity index (χ3v) is 2.28. The minimum atomic E-state index is -0.172. The molecule has 1 aliphatic rings. The van der Waals surface area contributed by atoms with Gasteiger partial charge in [0.15, 0.2) is 0 Å². The number of hydrazine groups is 1. The maximum absolute atomic E-state index is 5.50. The molecule has 0 fully saturated rings. The van der Waals surface area contributed by atoms with Gasteiger partial charge in [0, 0.05) is 12.6 Å². The Morgan fingerprint density at radius 1 is 1.60 bits per heavy atom. The van der Waals surface area contributed by atoms with Crippen molar-refractivity contribution in [3.05, 3.63) is 35.6 Å². The summed E-state index contributed by atoms with van der Waals surface area (Å²) < 4.78 is 5.46. The molecular weight excluding hydrogens is 192 g/mol. The summed E-state index contributed by atoms with van der Waals surface area (Å²) in [6, 6.07) is 1.66. The van der Waals surface area contributed by atoms with E-state index >= 15 is 0 Å². The number of ether oxygens (including phenoxy) is 1. The highest BCUT2D eigenvalue weighted by Crippen LogP contribution is 2.24. The normalized spacial score (nSPS) is 17.1. The van der Waals surface area contributed by atoms with Crippen LogP contribution in [0.2, 0.25) is 0 Å². The van der Waals surface area contributed by atoms with Gasteiger partial charge in [-0.25, -0.2) is 15.4 Å². The number of hydrogen-bond donors (Lipinski definition) is 2. The molecule has 15 heavy (non-hydrogen) atoms. The molecule has 5 heteroatoms. The maximum Gasteiger partial charge on any atom is 0.125 e. The van der Waals surface area contributed by atoms with Gasteiger partial charge in [-0.15, -0.1) is 0 Å². The van der Waals surface area contributed by atoms with Crippen molar-refractivity contribution < 1.29 is 4.74 Å². The highest BCUT2D eigenvalue weighted by molar-refractivity contribution is 5.19. The van der Waals surface area contributed by atoms with Crippen LogP contribution in [0.5, 0.6) is 0 Å². The van der Waals surface area contributed by atoms with Crippen LogP contribution in [0.3, 0.4) is 0 Å². The third-order valence-electron chi connectivity index (χ3n) is 2.28. The molecule has 0 bridgehead atoms. The molecule has 5 nitrogen and oxygen atoms in total. The number of aromatic nitrogens is 2. The predicted octanol–water partition coefficient (Wildman–Crippen LogP) is 0.594. The van der Waals surface area contributed by atoms with Crippen molar-refractivity contribution in [2.45, 2.75) is 19.4 Å². The first-order valence-corrected chi connectivity index (χ1v) is 4.90. The summed E-state index contributed by atoms with van der Waals surface area (Å²) in [5.41, 5.74) is 3.54. The fourth-order valence-electron chi connectivity index (χ4n) is 1.59. The van der Waals surface area contributed by atoms with Crippen LogP contribution in [0.15, 0.2) is 24.1 Å². The van der Waals surface area contributed by atoms with E-state index in [1.54, 1.807) is 6.20 Å². The Morgan fingerprint density at radius 3 is 3.07 bits per heavy atom. The van der Waals surface area contributed by atoms with Gasteiger partial charge in [0.2, 0.25) is 0 Å². The lowest BCUT2D eigenvalue weighted by Gasteiger charge is -2.16. The van der Waals surface area contributed by atoms with E-state index in [-0.39, 0.29) is 6.04 Å². The number of nitrogens with one attached hydrogen (secondary N) is 1. The number of nitrogens with zero attached hydrogens (tertiary/aromatic N) is 2. The van der Waals surface area contributed by atoms with E-state index in [1.807, 2.05) is 19.1 Å². The first kappa shape index (κ1) is 10.1. The molecule has 1 aliphatic heterocycles. The second-order valence-electron chi connectivity index (χ2n) is 3.37. The Bertz CT molecular complexity index is 377. The number of rotatable bonds is 3. The van der Waals surface area contributed by atoms with Crippen LogP contribution in [0.1, 0.15) is 24.0 Å². The standard InChI is InChI=1S/C10H14N4O/c1-7-12-5-4-8(13-7)10(14-11)9-3-2-6-15-9/h3-5,10,14H,2,6,11H2,1H3. The molecule has 0 saturated heterocycles. The van der Waals surface area contributed by atoms with Crippen molar-refractivity contribution in [3.63, 3.8) is 0 Å². The van der Waals surface area contributed by atoms with E-state index in [4.69, 9.17) is 10.6 Å². The van der Waals surface area contributed by atoms with Crippen LogP contribution in [0.25, 0.3) is 0 Å². The van der Waals surface area contributed by atoms with E-state index in [0.717, 1.165) is 30.3 Å². The largest absolute Gasteiger partial charge is 0.496 e. The van der Waals surface area contributed by atoms with Gasteiger partial charge in [0.05, 0.1) is 12.3 Å². The lowest BCUT2D eigenvalue weighted by Crippen LogP contribution is -2.30. The lowest BCUT2D eigenvalue weighted by molar-refractivity contribution is 0.214. The Morgan fingerprint density at radius 2 is 2.47 bits per heavy atom. The van der Waals surface area contributed by atoms with Crippen molar-refractivity contribution in [3.8, 4) is 0 Å². The van der Waals surface area contributed by atoms with E-state index in [2.05, 4.69) is 15.4 Å². The van der Waals surface area contributed by atoms with Crippen LogP contribution in [-0.2, 0) is 4.74 Å². The van der Waals surface area contributed by atoms with Gasteiger partial charge in [-0.3, -0.25) is 5.84 Å². The Balaban J connectivity index is 2.26. The molecule has 80 valence electrons. The minimum absolute atomic E-state index is 0.172. The van der Waals surface area contributed by atoms with Crippen molar-refractivity contribution in [1.82, 2.24) is 15.4 Å². The average Bonchev–Trinajstić information content (AvgIpc) is 2.72. The zero-order chi connectivity index (χ0) is 10.7. The van der Waals surface area contributed by atoms with Gasteiger partial charge < -0.3 is 4.74 Å². The van der Waals surface area contributed by atoms with Gasteiger partial charge in [-0.1, -0.05) is 0 Å². The molecule has 1 aromatic heterocycles. The van der Waals surface area contributed by atoms with Crippen LogP contribution in [0, 0.1) is 6.92 Å². The Hall–Kier alpha value is -1.46. The molecule has 0 spiro atoms. The van der Waals surface area contributed by atoms with E-state index < -0.39 is 0 Å². The fourth-order valence-corrected chi connectivity index (χ4v) is 1.59. The Labute approximate surface area is 88.3 Å². The molecule has 0 radical (unpaired) electrons. The van der Waals surface area contributed by atoms with E-state index in [1.165, 1.54) is 0 Å². The summed E-state index contributed by atoms with van der Waals surface area (Å²) in [6.07, 6.45) is 4.68. The summed E-state index contributed by atoms with van der Waals surface area (Å²) in [5.74, 6) is 7.07. The fraction of sp³-hybridized carbons (Fsp3) is 0.400. The van der Waals surface area contributed by atoms with Crippen molar-refractivity contribution in [1.29, 1.82) is 0 Å². The second kappa shape index (κ2) is 4.37. The summed E-state index contributed by atoms with van der Waals surface area (Å²) in [6.45, 7) is 2.57. The molecule has 2 rings (SSSR count). The van der Waals surface area contributed by atoms with Crippen LogP contribution in [-0.4, -0.2) is 16.6 Å². The number of hydrogen-bond acceptors (Lipinski definition) is 5. The van der Waals surface area contributed by atoms with Gasteiger partial charge in [0.25, 0.3) is 0 Å². The average molecular weight is 206 g/mol. The van der Waals surface area contributed by atoms with Crippen molar-refractivity contribution in [2.24, 2.45) is 5.84 Å². The second-order valence-corrected chi connectivity index (χ2v) is 3.37. The summed E-state index contributed by atoms with van der Waals surface area (Å²) in [5, 5.41) is 0. The molecule has 2 heterocycles. The molecule has 1 aromatic rings. The molecular formula is C10H14N4O. The predicted molar refractivity (Wildman–Crippen MR) is 55.5 cm³/mol. The SMILES string of the molecule is Cc1nccc(C(NN)C2=CCCO2)n1. The van der Waals surface area contributed by atoms with Crippen LogP contribution in [0.4, 0.5) is 0 Å². The first-order chi connectivity index (χ1) is 7.31. The molecule has 0 amide bonds. The lowest BCUT2D eigenvalue weighted by atomic mass is 10.1. The maximum atomic E-state index is 5.50. The van der Waals surface area contributed by atoms with Crippen LogP contribution < -0.4 is 11.3 Å². The topological polar surface area (TPSA) is 73.1 Å². The zero-order valence-corrected chi connectivity index (χ0v) is 8.60. The number of nitrogens with two attached hydrogens (primary N) is 1. The number of aryl methyl sites for hydroxylation is 1. The first-order valence-electron chi connectivity index (χ1n) is 4.90. The molecule has 1 unspecified atom stereocenters. The summed E-state index contributed by atoms with van der Waals surface area (Å²) >= 11 is 0. The minimum Gasteiger partial charge on any atom is -0.496 e. The van der Waals surface area contributed by atoms with Crippen molar-refractivity contribution >= 4 is 0 Å². The monoisotopic (exact) mass is 206 g/mol. The van der Waals surface area contributed by atoms with Gasteiger partial charge in [-0.05, 0) is 19.1 Å². The molecule has 1 atom stereocenters. The zero-order valence-electron chi connectivity index (χ0n) is 8.60. The molecule has 0 aromatic carbocycles. The smallest absolute Gasteiger partial charge is 0.125 e. The summed E-state index contributed by atoms with van der Waals surface area (Å²) in [7, 11) is 0. The van der Waals surface area contributed by atoms with Gasteiger partial charge in [-0.2, -0.15) is 0 Å². The Kier molecular flexibility index (Phi) is 2.94.